The summed E-state index contributed by atoms with van der Waals surface area (Å²) in [7, 11) is 1.58. The Labute approximate surface area is 105 Å². The molecule has 1 unspecified atom stereocenters. The molecular formula is C13H16N2O3. The Hall–Kier alpha value is -2.14. The Morgan fingerprint density at radius 2 is 2.22 bits per heavy atom. The number of hydrogen-bond acceptors (Lipinski definition) is 3. The topological polar surface area (TPSA) is 71.3 Å². The highest BCUT2D eigenvalue weighted by Gasteiger charge is 2.19. The first kappa shape index (κ1) is 13.9. The van der Waals surface area contributed by atoms with Gasteiger partial charge in [0.15, 0.2) is 0 Å². The quantitative estimate of drug-likeness (QED) is 0.707. The number of nitrogens with zero attached hydrogens (tertiary/aromatic N) is 1. The third-order valence-corrected chi connectivity index (χ3v) is 2.78. The first-order valence-corrected chi connectivity index (χ1v) is 5.43. The number of likely N-dealkylation sites (N-methyl/N-ethyl adjacent to an activating group) is 1. The summed E-state index contributed by atoms with van der Waals surface area (Å²) in [5, 5.41) is 11.7. The molecular weight excluding hydrogens is 232 g/mol. The molecule has 1 aromatic heterocycles. The molecule has 0 aliphatic rings. The Morgan fingerprint density at radius 1 is 1.56 bits per heavy atom. The van der Waals surface area contributed by atoms with Gasteiger partial charge in [0.2, 0.25) is 6.41 Å². The summed E-state index contributed by atoms with van der Waals surface area (Å²) in [6, 6.07) is -0.705. The Bertz CT molecular complexity index is 489. The highest BCUT2D eigenvalue weighted by Crippen LogP contribution is 2.21. The zero-order chi connectivity index (χ0) is 13.7. The molecule has 1 aromatic rings. The third kappa shape index (κ3) is 2.57. The number of hydrogen-bond donors (Lipinski definition) is 2. The van der Waals surface area contributed by atoms with E-state index in [1.165, 1.54) is 4.57 Å². The van der Waals surface area contributed by atoms with E-state index in [4.69, 9.17) is 5.11 Å². The molecule has 2 N–H and O–H groups in total. The van der Waals surface area contributed by atoms with Gasteiger partial charge in [-0.3, -0.25) is 14.2 Å². The molecule has 1 rings (SSSR count). The van der Waals surface area contributed by atoms with Crippen LogP contribution < -0.4 is 5.32 Å². The fourth-order valence-electron chi connectivity index (χ4n) is 1.84. The van der Waals surface area contributed by atoms with Gasteiger partial charge in [-0.2, -0.15) is 0 Å². The van der Waals surface area contributed by atoms with Crippen molar-refractivity contribution in [2.75, 3.05) is 7.05 Å². The van der Waals surface area contributed by atoms with Crippen LogP contribution in [-0.4, -0.2) is 35.1 Å². The molecule has 0 aliphatic carbocycles. The number of aromatic nitrogens is 1. The van der Waals surface area contributed by atoms with Crippen LogP contribution in [0.15, 0.2) is 19.4 Å². The van der Waals surface area contributed by atoms with Crippen molar-refractivity contribution in [1.82, 2.24) is 9.88 Å². The molecule has 0 spiro atoms. The summed E-state index contributed by atoms with van der Waals surface area (Å²) in [6.45, 7) is 7.32. The molecule has 0 bridgehead atoms. The van der Waals surface area contributed by atoms with Crippen molar-refractivity contribution in [3.63, 3.8) is 0 Å². The average Bonchev–Trinajstić information content (AvgIpc) is 2.71. The molecule has 0 fully saturated rings. The van der Waals surface area contributed by atoms with Gasteiger partial charge in [0.1, 0.15) is 6.04 Å². The van der Waals surface area contributed by atoms with Gasteiger partial charge in [0.25, 0.3) is 0 Å². The zero-order valence-corrected chi connectivity index (χ0v) is 10.2. The van der Waals surface area contributed by atoms with E-state index in [1.54, 1.807) is 25.4 Å². The predicted octanol–water partition coefficient (Wildman–Crippen LogP) is 1.03. The minimum atomic E-state index is -0.938. The largest absolute Gasteiger partial charge is 0.480 e. The van der Waals surface area contributed by atoms with Gasteiger partial charge in [-0.15, -0.1) is 0 Å². The van der Waals surface area contributed by atoms with Gasteiger partial charge < -0.3 is 10.4 Å². The van der Waals surface area contributed by atoms with Crippen molar-refractivity contribution < 1.29 is 14.7 Å². The first-order valence-electron chi connectivity index (χ1n) is 5.43. The van der Waals surface area contributed by atoms with Crippen LogP contribution in [0, 0.1) is 0 Å². The van der Waals surface area contributed by atoms with E-state index in [-0.39, 0.29) is 6.42 Å². The average molecular weight is 248 g/mol. The van der Waals surface area contributed by atoms with Crippen LogP contribution in [0.25, 0.3) is 12.2 Å². The number of carboxylic acid groups (broad SMARTS) is 1. The van der Waals surface area contributed by atoms with Crippen LogP contribution in [0.2, 0.25) is 0 Å². The summed E-state index contributed by atoms with van der Waals surface area (Å²) < 4.78 is 1.37. The second-order valence-electron chi connectivity index (χ2n) is 3.76. The number of carboxylic acids is 1. The summed E-state index contributed by atoms with van der Waals surface area (Å²) in [6.07, 6.45) is 5.68. The Morgan fingerprint density at radius 3 is 2.61 bits per heavy atom. The van der Waals surface area contributed by atoms with Gasteiger partial charge in [-0.25, -0.2) is 0 Å². The minimum Gasteiger partial charge on any atom is -0.480 e. The SMILES string of the molecule is C=Cc1c(CC(NC)C(=O)O)cn(C=O)c1C=C. The van der Waals surface area contributed by atoms with Gasteiger partial charge in [-0.05, 0) is 18.7 Å². The summed E-state index contributed by atoms with van der Waals surface area (Å²) in [4.78, 5) is 21.9. The lowest BCUT2D eigenvalue weighted by Crippen LogP contribution is -2.35. The van der Waals surface area contributed by atoms with E-state index >= 15 is 0 Å². The maximum absolute atomic E-state index is 11.0. The lowest BCUT2D eigenvalue weighted by Gasteiger charge is -2.10. The van der Waals surface area contributed by atoms with Gasteiger partial charge >= 0.3 is 5.97 Å². The summed E-state index contributed by atoms with van der Waals surface area (Å²) >= 11 is 0. The van der Waals surface area contributed by atoms with E-state index in [0.717, 1.165) is 11.1 Å². The first-order chi connectivity index (χ1) is 8.58. The van der Waals surface area contributed by atoms with Gasteiger partial charge in [0, 0.05) is 18.2 Å². The summed E-state index contributed by atoms with van der Waals surface area (Å²) in [5.74, 6) is -0.938. The van der Waals surface area contributed by atoms with Crippen LogP contribution in [0.3, 0.4) is 0 Å². The van der Waals surface area contributed by atoms with Crippen molar-refractivity contribution in [2.45, 2.75) is 12.5 Å². The predicted molar refractivity (Wildman–Crippen MR) is 71.0 cm³/mol. The molecule has 0 saturated carbocycles. The lowest BCUT2D eigenvalue weighted by molar-refractivity contribution is -0.139. The van der Waals surface area contributed by atoms with Crippen molar-refractivity contribution in [1.29, 1.82) is 0 Å². The molecule has 1 atom stereocenters. The molecule has 5 heteroatoms. The van der Waals surface area contributed by atoms with E-state index < -0.39 is 12.0 Å². The van der Waals surface area contributed by atoms with Crippen LogP contribution in [0.4, 0.5) is 0 Å². The standard InChI is InChI=1S/C13H16N2O3/c1-4-10-9(6-11(14-3)13(17)18)7-15(8-16)12(10)5-2/h4-5,7-8,11,14H,1-2,6H2,3H3,(H,17,18). The van der Waals surface area contributed by atoms with Crippen LogP contribution in [0.1, 0.15) is 16.8 Å². The number of carbonyl (C=O) groups is 2. The van der Waals surface area contributed by atoms with Crippen LogP contribution in [0.5, 0.6) is 0 Å². The molecule has 5 nitrogen and oxygen atoms in total. The maximum atomic E-state index is 11.0. The molecule has 0 amide bonds. The van der Waals surface area contributed by atoms with Crippen molar-refractivity contribution in [3.05, 3.63) is 36.2 Å². The van der Waals surface area contributed by atoms with Crippen LogP contribution in [-0.2, 0) is 16.0 Å². The zero-order valence-electron chi connectivity index (χ0n) is 10.2. The number of carbonyl (C=O) groups excluding carboxylic acids is 1. The second kappa shape index (κ2) is 5.97. The molecule has 0 radical (unpaired) electrons. The molecule has 0 saturated heterocycles. The summed E-state index contributed by atoms with van der Waals surface area (Å²) in [5.41, 5.74) is 2.10. The van der Waals surface area contributed by atoms with E-state index in [0.29, 0.717) is 12.1 Å². The third-order valence-electron chi connectivity index (χ3n) is 2.78. The van der Waals surface area contributed by atoms with E-state index in [9.17, 15) is 9.59 Å². The van der Waals surface area contributed by atoms with Crippen molar-refractivity contribution in [3.8, 4) is 0 Å². The molecule has 1 heterocycles. The van der Waals surface area contributed by atoms with Crippen molar-refractivity contribution >= 4 is 24.5 Å². The van der Waals surface area contributed by atoms with Crippen LogP contribution >= 0.6 is 0 Å². The normalized spacial score (nSPS) is 11.8. The number of nitrogens with one attached hydrogen (secondary N) is 1. The fraction of sp³-hybridized carbons (Fsp3) is 0.231. The molecule has 18 heavy (non-hydrogen) atoms. The lowest BCUT2D eigenvalue weighted by atomic mass is 10.0. The molecule has 96 valence electrons. The monoisotopic (exact) mass is 248 g/mol. The Balaban J connectivity index is 3.20. The Kier molecular flexibility index (Phi) is 4.62. The second-order valence-corrected chi connectivity index (χ2v) is 3.76. The smallest absolute Gasteiger partial charge is 0.321 e. The number of aliphatic carboxylic acids is 1. The van der Waals surface area contributed by atoms with Gasteiger partial charge in [-0.1, -0.05) is 19.2 Å². The van der Waals surface area contributed by atoms with E-state index in [2.05, 4.69) is 18.5 Å². The number of rotatable bonds is 7. The van der Waals surface area contributed by atoms with Gasteiger partial charge in [0.05, 0.1) is 5.69 Å². The minimum absolute atomic E-state index is 0.273. The fourth-order valence-corrected chi connectivity index (χ4v) is 1.84. The van der Waals surface area contributed by atoms with Crippen molar-refractivity contribution in [2.24, 2.45) is 0 Å². The highest BCUT2D eigenvalue weighted by atomic mass is 16.4. The maximum Gasteiger partial charge on any atom is 0.321 e. The highest BCUT2D eigenvalue weighted by molar-refractivity contribution is 5.76. The molecule has 0 aromatic carbocycles. The molecule has 0 aliphatic heterocycles. The van der Waals surface area contributed by atoms with E-state index in [1.807, 2.05) is 0 Å².